The third kappa shape index (κ3) is 3.87. The van der Waals surface area contributed by atoms with E-state index in [0.29, 0.717) is 0 Å². The Kier molecular flexibility index (Phi) is 5.24. The van der Waals surface area contributed by atoms with Crippen molar-refractivity contribution in [3.63, 3.8) is 0 Å². The van der Waals surface area contributed by atoms with Crippen molar-refractivity contribution in [2.24, 2.45) is 0 Å². The molecule has 122 valence electrons. The third-order valence-corrected chi connectivity index (χ3v) is 4.28. The van der Waals surface area contributed by atoms with E-state index in [4.69, 9.17) is 0 Å². The Morgan fingerprint density at radius 1 is 1.14 bits per heavy atom. The Morgan fingerprint density at radius 2 is 1.68 bits per heavy atom. The van der Waals surface area contributed by atoms with Crippen LogP contribution < -0.4 is 5.32 Å². The lowest BCUT2D eigenvalue weighted by Gasteiger charge is -2.35. The van der Waals surface area contributed by atoms with Gasteiger partial charge in [0.25, 0.3) is 0 Å². The molecule has 0 aliphatic carbocycles. The maximum Gasteiger partial charge on any atom is 0.244 e. The second-order valence-corrected chi connectivity index (χ2v) is 7.29. The van der Waals surface area contributed by atoms with Crippen molar-refractivity contribution in [2.45, 2.75) is 32.2 Å². The molecule has 4 heteroatoms. The summed E-state index contributed by atoms with van der Waals surface area (Å²) in [7, 11) is 3.67. The molecular weight excluding hydrogens is 274 g/mol. The monoisotopic (exact) mass is 303 g/mol. The van der Waals surface area contributed by atoms with Crippen LogP contribution in [0.3, 0.4) is 0 Å². The van der Waals surface area contributed by atoms with Gasteiger partial charge in [-0.25, -0.2) is 0 Å². The number of nitrogens with zero attached hydrogens (tertiary/aromatic N) is 2. The van der Waals surface area contributed by atoms with Gasteiger partial charge in [-0.3, -0.25) is 9.69 Å². The summed E-state index contributed by atoms with van der Waals surface area (Å²) in [6, 6.07) is 8.38. The first kappa shape index (κ1) is 17.0. The van der Waals surface area contributed by atoms with Gasteiger partial charge in [-0.05, 0) is 16.5 Å². The molecule has 1 aromatic carbocycles. The SMILES string of the molecule is CN(C)C(=O)C(c1ccc(C(C)(C)C)cc1)N1CCNCC1. The Labute approximate surface area is 134 Å². The average Bonchev–Trinajstić information content (AvgIpc) is 2.48. The summed E-state index contributed by atoms with van der Waals surface area (Å²) in [5.41, 5.74) is 2.52. The van der Waals surface area contributed by atoms with Crippen LogP contribution in [0.25, 0.3) is 0 Å². The van der Waals surface area contributed by atoms with Crippen molar-refractivity contribution in [1.82, 2.24) is 15.1 Å². The van der Waals surface area contributed by atoms with Crippen molar-refractivity contribution >= 4 is 5.91 Å². The highest BCUT2D eigenvalue weighted by atomic mass is 16.2. The van der Waals surface area contributed by atoms with Crippen LogP contribution in [-0.4, -0.2) is 56.0 Å². The molecule has 0 saturated carbocycles. The van der Waals surface area contributed by atoms with Gasteiger partial charge < -0.3 is 10.2 Å². The summed E-state index contributed by atoms with van der Waals surface area (Å²) in [5, 5.41) is 3.35. The molecule has 1 amide bonds. The van der Waals surface area contributed by atoms with E-state index < -0.39 is 0 Å². The van der Waals surface area contributed by atoms with Crippen LogP contribution in [0, 0.1) is 0 Å². The minimum Gasteiger partial charge on any atom is -0.347 e. The van der Waals surface area contributed by atoms with E-state index in [2.05, 4.69) is 55.3 Å². The summed E-state index contributed by atoms with van der Waals surface area (Å²) < 4.78 is 0. The minimum absolute atomic E-state index is 0.134. The first-order valence-corrected chi connectivity index (χ1v) is 8.07. The fourth-order valence-electron chi connectivity index (χ4n) is 2.86. The number of likely N-dealkylation sites (N-methyl/N-ethyl adjacent to an activating group) is 1. The maximum absolute atomic E-state index is 12.7. The van der Waals surface area contributed by atoms with Gasteiger partial charge in [0.2, 0.25) is 5.91 Å². The zero-order valence-corrected chi connectivity index (χ0v) is 14.5. The number of carbonyl (C=O) groups is 1. The van der Waals surface area contributed by atoms with E-state index in [1.54, 1.807) is 4.90 Å². The smallest absolute Gasteiger partial charge is 0.244 e. The molecule has 1 heterocycles. The van der Waals surface area contributed by atoms with Gasteiger partial charge in [0, 0.05) is 40.3 Å². The average molecular weight is 303 g/mol. The topological polar surface area (TPSA) is 35.6 Å². The Balaban J connectivity index is 2.30. The summed E-state index contributed by atoms with van der Waals surface area (Å²) in [6.07, 6.45) is 0. The predicted molar refractivity (Wildman–Crippen MR) is 91.0 cm³/mol. The lowest BCUT2D eigenvalue weighted by molar-refractivity contribution is -0.135. The van der Waals surface area contributed by atoms with Crippen molar-refractivity contribution in [3.05, 3.63) is 35.4 Å². The molecule has 0 radical (unpaired) electrons. The number of hydrogen-bond donors (Lipinski definition) is 1. The number of benzene rings is 1. The first-order valence-electron chi connectivity index (χ1n) is 8.07. The highest BCUT2D eigenvalue weighted by Gasteiger charge is 2.30. The Bertz CT molecular complexity index is 496. The third-order valence-electron chi connectivity index (χ3n) is 4.28. The van der Waals surface area contributed by atoms with E-state index in [1.165, 1.54) is 5.56 Å². The Hall–Kier alpha value is -1.39. The van der Waals surface area contributed by atoms with Crippen LogP contribution in [-0.2, 0) is 10.2 Å². The molecule has 1 aliphatic rings. The number of amides is 1. The fraction of sp³-hybridized carbons (Fsp3) is 0.611. The fourth-order valence-corrected chi connectivity index (χ4v) is 2.86. The molecule has 1 aromatic rings. The van der Waals surface area contributed by atoms with Gasteiger partial charge in [0.1, 0.15) is 6.04 Å². The van der Waals surface area contributed by atoms with Crippen molar-refractivity contribution < 1.29 is 4.79 Å². The van der Waals surface area contributed by atoms with E-state index >= 15 is 0 Å². The van der Waals surface area contributed by atoms with Gasteiger partial charge >= 0.3 is 0 Å². The van der Waals surface area contributed by atoms with Crippen LogP contribution in [0.5, 0.6) is 0 Å². The number of nitrogens with one attached hydrogen (secondary N) is 1. The normalized spacial score (nSPS) is 18.0. The minimum atomic E-state index is -0.175. The second kappa shape index (κ2) is 6.80. The molecule has 1 saturated heterocycles. The first-order chi connectivity index (χ1) is 10.3. The molecule has 1 aliphatic heterocycles. The van der Waals surface area contributed by atoms with Crippen LogP contribution in [0.4, 0.5) is 0 Å². The van der Waals surface area contributed by atoms with E-state index in [9.17, 15) is 4.79 Å². The van der Waals surface area contributed by atoms with Crippen LogP contribution in [0.1, 0.15) is 37.9 Å². The molecule has 4 nitrogen and oxygen atoms in total. The summed E-state index contributed by atoms with van der Waals surface area (Å²) in [6.45, 7) is 10.3. The Morgan fingerprint density at radius 3 is 2.14 bits per heavy atom. The summed E-state index contributed by atoms with van der Waals surface area (Å²) >= 11 is 0. The lowest BCUT2D eigenvalue weighted by Crippen LogP contribution is -2.49. The van der Waals surface area contributed by atoms with Crippen LogP contribution >= 0.6 is 0 Å². The van der Waals surface area contributed by atoms with Crippen LogP contribution in [0.15, 0.2) is 24.3 Å². The largest absolute Gasteiger partial charge is 0.347 e. The highest BCUT2D eigenvalue weighted by molar-refractivity contribution is 5.83. The number of carbonyl (C=O) groups excluding carboxylic acids is 1. The van der Waals surface area contributed by atoms with E-state index in [0.717, 1.165) is 31.7 Å². The van der Waals surface area contributed by atoms with Gasteiger partial charge in [0.05, 0.1) is 0 Å². The van der Waals surface area contributed by atoms with Crippen molar-refractivity contribution in [1.29, 1.82) is 0 Å². The molecular formula is C18H29N3O. The quantitative estimate of drug-likeness (QED) is 0.928. The van der Waals surface area contributed by atoms with Crippen molar-refractivity contribution in [3.8, 4) is 0 Å². The van der Waals surface area contributed by atoms with E-state index in [-0.39, 0.29) is 17.4 Å². The second-order valence-electron chi connectivity index (χ2n) is 7.29. The summed E-state index contributed by atoms with van der Waals surface area (Å²) in [5.74, 6) is 0.158. The number of rotatable bonds is 3. The molecule has 1 fully saturated rings. The molecule has 1 N–H and O–H groups in total. The molecule has 0 aromatic heterocycles. The molecule has 1 unspecified atom stereocenters. The maximum atomic E-state index is 12.7. The number of piperazine rings is 1. The molecule has 2 rings (SSSR count). The highest BCUT2D eigenvalue weighted by Crippen LogP contribution is 2.27. The molecule has 1 atom stereocenters. The molecule has 0 spiro atoms. The molecule has 22 heavy (non-hydrogen) atoms. The molecule has 0 bridgehead atoms. The van der Waals surface area contributed by atoms with Gasteiger partial charge in [-0.15, -0.1) is 0 Å². The van der Waals surface area contributed by atoms with Gasteiger partial charge in [-0.1, -0.05) is 45.0 Å². The number of hydrogen-bond acceptors (Lipinski definition) is 3. The standard InChI is InChI=1S/C18H29N3O/c1-18(2,3)15-8-6-14(7-9-15)16(17(22)20(4)5)21-12-10-19-11-13-21/h6-9,16,19H,10-13H2,1-5H3. The zero-order chi connectivity index (χ0) is 16.3. The van der Waals surface area contributed by atoms with Crippen molar-refractivity contribution in [2.75, 3.05) is 40.3 Å². The van der Waals surface area contributed by atoms with Gasteiger partial charge in [0.15, 0.2) is 0 Å². The van der Waals surface area contributed by atoms with Gasteiger partial charge in [-0.2, -0.15) is 0 Å². The summed E-state index contributed by atoms with van der Waals surface area (Å²) in [4.78, 5) is 16.7. The predicted octanol–water partition coefficient (Wildman–Crippen LogP) is 2.02. The zero-order valence-electron chi connectivity index (χ0n) is 14.5. The van der Waals surface area contributed by atoms with E-state index in [1.807, 2.05) is 14.1 Å². The van der Waals surface area contributed by atoms with Crippen LogP contribution in [0.2, 0.25) is 0 Å². The lowest BCUT2D eigenvalue weighted by atomic mass is 9.86.